The van der Waals surface area contributed by atoms with Gasteiger partial charge in [-0.15, -0.1) is 12.4 Å². The van der Waals surface area contributed by atoms with Gasteiger partial charge in [0.2, 0.25) is 0 Å². The molecule has 0 saturated heterocycles. The van der Waals surface area contributed by atoms with Crippen LogP contribution in [0.15, 0.2) is 0 Å². The van der Waals surface area contributed by atoms with E-state index in [0.29, 0.717) is 0 Å². The zero-order valence-corrected chi connectivity index (χ0v) is 5.79. The van der Waals surface area contributed by atoms with Crippen LogP contribution in [0.5, 0.6) is 0 Å². The van der Waals surface area contributed by atoms with Gasteiger partial charge in [-0.05, 0) is 13.1 Å². The normalized spacial score (nSPS) is 5.14. The molecule has 0 aromatic heterocycles. The molecule has 0 aliphatic heterocycles. The number of nitrogens with two attached hydrogens (primary N) is 2. The van der Waals surface area contributed by atoms with Gasteiger partial charge < -0.3 is 11.5 Å². The number of hydrogen-bond donors (Lipinski definition) is 2. The second kappa shape index (κ2) is 34.5. The lowest BCUT2D eigenvalue weighted by molar-refractivity contribution is 1.14. The predicted octanol–water partition coefficient (Wildman–Crippen LogP) is 0.352. The molecule has 0 fully saturated rings. The summed E-state index contributed by atoms with van der Waals surface area (Å²) < 4.78 is 0. The number of hydrogen-bond acceptors (Lipinski definition) is 2. The second-order valence-corrected chi connectivity index (χ2v) is 0.816. The van der Waals surface area contributed by atoms with Gasteiger partial charge in [-0.3, -0.25) is 0 Å². The van der Waals surface area contributed by atoms with Gasteiger partial charge in [0, 0.05) is 0 Å². The fourth-order valence-corrected chi connectivity index (χ4v) is 0. The van der Waals surface area contributed by atoms with Crippen molar-refractivity contribution in [1.29, 1.82) is 0 Å². The minimum atomic E-state index is 0. The van der Waals surface area contributed by atoms with Gasteiger partial charge in [0.05, 0.1) is 0 Å². The molecule has 0 aromatic carbocycles. The lowest BCUT2D eigenvalue weighted by Gasteiger charge is -1.53. The third-order valence-corrected chi connectivity index (χ3v) is 0. The maximum atomic E-state index is 4.85. The molecular weight excluding hydrogens is 112 g/mol. The molecule has 0 radical (unpaired) electrons. The molecule has 0 aliphatic rings. The maximum Gasteiger partial charge on any atom is -0.0106 e. The van der Waals surface area contributed by atoms with Crippen LogP contribution in [0.2, 0.25) is 0 Å². The van der Waals surface area contributed by atoms with Crippen molar-refractivity contribution < 1.29 is 0 Å². The van der Waals surface area contributed by atoms with Gasteiger partial charge in [0.15, 0.2) is 0 Å². The standard InChI is InChI=1S/2C2H7N.ClH/c2*1-2-3;/h2*2-3H2,1H3;1H. The third kappa shape index (κ3) is 2500. The summed E-state index contributed by atoms with van der Waals surface area (Å²) >= 11 is 0. The Hall–Kier alpha value is 0.210. The lowest BCUT2D eigenvalue weighted by Crippen LogP contribution is -1.87. The van der Waals surface area contributed by atoms with Gasteiger partial charge in [0.1, 0.15) is 0 Å². The molecule has 2 nitrogen and oxygen atoms in total. The maximum absolute atomic E-state index is 4.85. The van der Waals surface area contributed by atoms with Crippen LogP contribution >= 0.6 is 12.4 Å². The highest BCUT2D eigenvalue weighted by Gasteiger charge is 1.33. The van der Waals surface area contributed by atoms with Crippen LogP contribution in [0, 0.1) is 0 Å². The molecular formula is C4H15ClN2. The average molecular weight is 127 g/mol. The summed E-state index contributed by atoms with van der Waals surface area (Å²) in [4.78, 5) is 0. The third-order valence-electron chi connectivity index (χ3n) is 0. The Morgan fingerprint density at radius 1 is 1.00 bits per heavy atom. The quantitative estimate of drug-likeness (QED) is 0.492. The Kier molecular flexibility index (Phi) is 77.3. The van der Waals surface area contributed by atoms with E-state index in [9.17, 15) is 0 Å². The highest BCUT2D eigenvalue weighted by molar-refractivity contribution is 5.85. The summed E-state index contributed by atoms with van der Waals surface area (Å²) in [7, 11) is 0. The Balaban J connectivity index is -0.0000000400. The van der Waals surface area contributed by atoms with Crippen molar-refractivity contribution in [1.82, 2.24) is 0 Å². The smallest absolute Gasteiger partial charge is 0.0106 e. The summed E-state index contributed by atoms with van der Waals surface area (Å²) in [6.07, 6.45) is 0. The van der Waals surface area contributed by atoms with Gasteiger partial charge in [0.25, 0.3) is 0 Å². The summed E-state index contributed by atoms with van der Waals surface area (Å²) in [5.74, 6) is 0. The Morgan fingerprint density at radius 3 is 1.00 bits per heavy atom. The van der Waals surface area contributed by atoms with Crippen LogP contribution in [0.25, 0.3) is 0 Å². The van der Waals surface area contributed by atoms with E-state index in [1.54, 1.807) is 0 Å². The molecule has 7 heavy (non-hydrogen) atoms. The molecule has 0 spiro atoms. The van der Waals surface area contributed by atoms with Crippen LogP contribution in [-0.2, 0) is 0 Å². The Morgan fingerprint density at radius 2 is 1.00 bits per heavy atom. The van der Waals surface area contributed by atoms with E-state index in [4.69, 9.17) is 11.5 Å². The highest BCUT2D eigenvalue weighted by Crippen LogP contribution is 1.20. The molecule has 0 unspecified atom stereocenters. The Labute approximate surface area is 51.7 Å². The van der Waals surface area contributed by atoms with Gasteiger partial charge in [-0.25, -0.2) is 0 Å². The first-order valence-corrected chi connectivity index (χ1v) is 2.23. The molecule has 0 saturated carbocycles. The number of halogens is 1. The second-order valence-electron chi connectivity index (χ2n) is 0.816. The van der Waals surface area contributed by atoms with Crippen molar-refractivity contribution in [3.8, 4) is 0 Å². The minimum Gasteiger partial charge on any atom is -0.331 e. The monoisotopic (exact) mass is 126 g/mol. The first kappa shape index (κ1) is 15.7. The molecule has 4 N–H and O–H groups in total. The lowest BCUT2D eigenvalue weighted by atomic mass is 10.8. The molecule has 0 amide bonds. The van der Waals surface area contributed by atoms with Gasteiger partial charge >= 0.3 is 0 Å². The van der Waals surface area contributed by atoms with Crippen molar-refractivity contribution in [2.45, 2.75) is 13.8 Å². The number of rotatable bonds is 0. The van der Waals surface area contributed by atoms with Crippen molar-refractivity contribution in [2.75, 3.05) is 13.1 Å². The predicted molar refractivity (Wildman–Crippen MR) is 36.7 cm³/mol. The van der Waals surface area contributed by atoms with Crippen LogP contribution in [0.1, 0.15) is 13.8 Å². The molecule has 48 valence electrons. The average Bonchev–Trinajstić information content (AvgIpc) is 1.39. The SMILES string of the molecule is CCN.CCN.Cl. The van der Waals surface area contributed by atoms with Gasteiger partial charge in [-0.2, -0.15) is 0 Å². The van der Waals surface area contributed by atoms with Crippen molar-refractivity contribution in [3.63, 3.8) is 0 Å². The zero-order valence-electron chi connectivity index (χ0n) is 4.98. The molecule has 0 rings (SSSR count). The van der Waals surface area contributed by atoms with Crippen LogP contribution in [-0.4, -0.2) is 13.1 Å². The fourth-order valence-electron chi connectivity index (χ4n) is 0. The van der Waals surface area contributed by atoms with E-state index in [1.165, 1.54) is 0 Å². The van der Waals surface area contributed by atoms with Crippen LogP contribution in [0.4, 0.5) is 0 Å². The van der Waals surface area contributed by atoms with Gasteiger partial charge in [-0.1, -0.05) is 13.8 Å². The van der Waals surface area contributed by atoms with Crippen molar-refractivity contribution in [2.24, 2.45) is 11.5 Å². The van der Waals surface area contributed by atoms with E-state index in [1.807, 2.05) is 13.8 Å². The largest absolute Gasteiger partial charge is 0.331 e. The minimum absolute atomic E-state index is 0. The molecule has 0 aliphatic carbocycles. The van der Waals surface area contributed by atoms with E-state index >= 15 is 0 Å². The van der Waals surface area contributed by atoms with E-state index < -0.39 is 0 Å². The van der Waals surface area contributed by atoms with Crippen LogP contribution in [0.3, 0.4) is 0 Å². The fraction of sp³-hybridized carbons (Fsp3) is 1.00. The molecule has 0 heterocycles. The van der Waals surface area contributed by atoms with Crippen molar-refractivity contribution in [3.05, 3.63) is 0 Å². The van der Waals surface area contributed by atoms with E-state index in [2.05, 4.69) is 0 Å². The summed E-state index contributed by atoms with van der Waals surface area (Å²) in [5.41, 5.74) is 9.69. The summed E-state index contributed by atoms with van der Waals surface area (Å²) in [5, 5.41) is 0. The first-order chi connectivity index (χ1) is 2.83. The summed E-state index contributed by atoms with van der Waals surface area (Å²) in [6.45, 7) is 5.31. The summed E-state index contributed by atoms with van der Waals surface area (Å²) in [6, 6.07) is 0. The van der Waals surface area contributed by atoms with E-state index in [-0.39, 0.29) is 12.4 Å². The molecule has 0 bridgehead atoms. The van der Waals surface area contributed by atoms with Crippen LogP contribution < -0.4 is 11.5 Å². The highest BCUT2D eigenvalue weighted by atomic mass is 35.5. The van der Waals surface area contributed by atoms with E-state index in [0.717, 1.165) is 13.1 Å². The zero-order chi connectivity index (χ0) is 5.41. The molecule has 0 atom stereocenters. The Bertz CT molecular complexity index is 11.7. The first-order valence-electron chi connectivity index (χ1n) is 2.23. The molecule has 0 aromatic rings. The topological polar surface area (TPSA) is 52.0 Å². The molecule has 3 heteroatoms. The van der Waals surface area contributed by atoms with Crippen molar-refractivity contribution >= 4 is 12.4 Å².